The summed E-state index contributed by atoms with van der Waals surface area (Å²) in [6.45, 7) is 4.29. The number of aryl methyl sites for hydroxylation is 1. The summed E-state index contributed by atoms with van der Waals surface area (Å²) in [6, 6.07) is 19.0. The van der Waals surface area contributed by atoms with Crippen molar-refractivity contribution in [3.8, 4) is 17.2 Å². The number of alkyl halides is 3. The monoisotopic (exact) mass is 728 g/mol. The standard InChI is InChI=1S/C33H30BrF3N5O4S/c1-4-15-46-26-16-21(33(35,36)37)13-14-24(26)31-30-25(17-22(34)18-27(30)45-3)42-29(19-38-31)41(5-2)39-32(42)40-47(43,44)28-12-8-10-20-9-6-7-11-23(20)28/h6-14,16-18H,4-5,15,19H2,1-3H3,(H,39,40)/q+1. The number of sulfonamides is 1. The van der Waals surface area contributed by atoms with E-state index in [9.17, 15) is 21.6 Å². The molecule has 5 aromatic rings. The van der Waals surface area contributed by atoms with Crippen molar-refractivity contribution in [3.05, 3.63) is 99.8 Å². The average Bonchev–Trinajstić information content (AvgIpc) is 3.29. The van der Waals surface area contributed by atoms with Crippen molar-refractivity contribution in [1.82, 2.24) is 9.78 Å². The summed E-state index contributed by atoms with van der Waals surface area (Å²) in [4.78, 5) is 4.97. The molecule has 0 aliphatic carbocycles. The number of nitrogens with zero attached hydrogens (tertiary/aromatic N) is 4. The lowest BCUT2D eigenvalue weighted by Gasteiger charge is -2.18. The summed E-state index contributed by atoms with van der Waals surface area (Å²) in [5.41, 5.74) is 0.654. The van der Waals surface area contributed by atoms with Crippen molar-refractivity contribution in [3.63, 3.8) is 0 Å². The highest BCUT2D eigenvalue weighted by Gasteiger charge is 2.37. The van der Waals surface area contributed by atoms with Gasteiger partial charge in [0.25, 0.3) is 10.0 Å². The van der Waals surface area contributed by atoms with Gasteiger partial charge in [-0.15, -0.1) is 4.68 Å². The zero-order chi connectivity index (χ0) is 33.5. The third kappa shape index (κ3) is 6.07. The molecule has 14 heteroatoms. The molecule has 47 heavy (non-hydrogen) atoms. The lowest BCUT2D eigenvalue weighted by atomic mass is 9.97. The Bertz CT molecular complexity index is 2140. The second-order valence-corrected chi connectivity index (χ2v) is 13.3. The molecule has 0 amide bonds. The second-order valence-electron chi connectivity index (χ2n) is 10.7. The number of aromatic nitrogens is 3. The number of rotatable bonds is 9. The van der Waals surface area contributed by atoms with Crippen LogP contribution in [0.1, 0.15) is 42.8 Å². The first-order valence-electron chi connectivity index (χ1n) is 14.8. The fourth-order valence-electron chi connectivity index (χ4n) is 5.60. The van der Waals surface area contributed by atoms with Gasteiger partial charge in [-0.2, -0.15) is 30.9 Å². The van der Waals surface area contributed by atoms with Gasteiger partial charge in [0.15, 0.2) is 0 Å². The highest BCUT2D eigenvalue weighted by molar-refractivity contribution is 9.10. The molecule has 0 unspecified atom stereocenters. The lowest BCUT2D eigenvalue weighted by Crippen LogP contribution is -2.39. The van der Waals surface area contributed by atoms with Gasteiger partial charge in [-0.05, 0) is 55.1 Å². The summed E-state index contributed by atoms with van der Waals surface area (Å²) in [7, 11) is -2.69. The second kappa shape index (κ2) is 12.6. The Hall–Kier alpha value is -4.43. The van der Waals surface area contributed by atoms with Gasteiger partial charge in [0.05, 0.1) is 37.1 Å². The molecule has 0 fully saturated rings. The minimum Gasteiger partial charge on any atom is -0.496 e. The number of halogens is 4. The molecule has 9 nitrogen and oxygen atoms in total. The number of hydrogen-bond acceptors (Lipinski definition) is 6. The zero-order valence-corrected chi connectivity index (χ0v) is 28.0. The van der Waals surface area contributed by atoms with Crippen LogP contribution in [-0.4, -0.2) is 37.6 Å². The van der Waals surface area contributed by atoms with Crippen LogP contribution in [0.15, 0.2) is 87.2 Å². The smallest absolute Gasteiger partial charge is 0.416 e. The lowest BCUT2D eigenvalue weighted by molar-refractivity contribution is -0.589. The van der Waals surface area contributed by atoms with Crippen molar-refractivity contribution in [2.24, 2.45) is 4.99 Å². The fourth-order valence-corrected chi connectivity index (χ4v) is 7.24. The maximum absolute atomic E-state index is 14.0. The molecule has 1 aliphatic rings. The molecule has 0 bridgehead atoms. The number of fused-ring (bicyclic) bond motifs is 4. The maximum atomic E-state index is 14.0. The van der Waals surface area contributed by atoms with Crippen molar-refractivity contribution in [1.29, 1.82) is 0 Å². The van der Waals surface area contributed by atoms with E-state index < -0.39 is 21.8 Å². The maximum Gasteiger partial charge on any atom is 0.416 e. The van der Waals surface area contributed by atoms with E-state index in [2.05, 4.69) is 25.8 Å². The first-order chi connectivity index (χ1) is 22.5. The van der Waals surface area contributed by atoms with Crippen LogP contribution in [0.2, 0.25) is 0 Å². The van der Waals surface area contributed by atoms with Crippen molar-refractivity contribution < 1.29 is 35.6 Å². The largest absolute Gasteiger partial charge is 0.496 e. The number of ether oxygens (including phenoxy) is 2. The number of nitrogens with one attached hydrogen (secondary N) is 1. The van der Waals surface area contributed by atoms with Gasteiger partial charge in [0, 0.05) is 20.5 Å². The summed E-state index contributed by atoms with van der Waals surface area (Å²) in [5, 5.41) is 5.94. The van der Waals surface area contributed by atoms with E-state index in [1.54, 1.807) is 39.6 Å². The first-order valence-corrected chi connectivity index (χ1v) is 17.0. The van der Waals surface area contributed by atoms with E-state index in [0.29, 0.717) is 56.9 Å². The Morgan fingerprint density at radius 3 is 2.51 bits per heavy atom. The third-order valence-corrected chi connectivity index (χ3v) is 9.54. The van der Waals surface area contributed by atoms with Gasteiger partial charge < -0.3 is 9.47 Å². The van der Waals surface area contributed by atoms with Crippen LogP contribution in [0.4, 0.5) is 19.1 Å². The molecule has 0 saturated heterocycles. The Balaban J connectivity index is 1.57. The molecule has 244 valence electrons. The number of hydrogen-bond donors (Lipinski definition) is 1. The Labute approximate surface area is 277 Å². The predicted molar refractivity (Wildman–Crippen MR) is 175 cm³/mol. The van der Waals surface area contributed by atoms with Crippen LogP contribution in [0.3, 0.4) is 0 Å². The molecule has 0 saturated carbocycles. The van der Waals surface area contributed by atoms with Gasteiger partial charge in [-0.1, -0.05) is 59.3 Å². The van der Waals surface area contributed by atoms with E-state index in [-0.39, 0.29) is 29.7 Å². The summed E-state index contributed by atoms with van der Waals surface area (Å²) in [6.07, 6.45) is -4.01. The molecular weight excluding hydrogens is 699 g/mol. The molecular formula is C33H30BrF3N5O4S+. The van der Waals surface area contributed by atoms with Crippen molar-refractivity contribution >= 4 is 48.4 Å². The Morgan fingerprint density at radius 1 is 1.02 bits per heavy atom. The van der Waals surface area contributed by atoms with Crippen LogP contribution in [0.25, 0.3) is 16.5 Å². The van der Waals surface area contributed by atoms with Crippen LogP contribution in [0.5, 0.6) is 11.5 Å². The van der Waals surface area contributed by atoms with E-state index in [1.165, 1.54) is 19.2 Å². The summed E-state index contributed by atoms with van der Waals surface area (Å²) >= 11 is 3.54. The van der Waals surface area contributed by atoms with Crippen LogP contribution < -0.4 is 18.8 Å². The SMILES string of the molecule is CCCOc1cc(C(F)(F)F)ccc1C1=NCc2n(CC)nc(NS(=O)(=O)c3cccc4ccccc34)[n+]2-c2cc(Br)cc(OC)c21. The average molecular weight is 730 g/mol. The molecule has 0 atom stereocenters. The molecule has 0 radical (unpaired) electrons. The van der Waals surface area contributed by atoms with E-state index >= 15 is 0 Å². The number of benzene rings is 4. The summed E-state index contributed by atoms with van der Waals surface area (Å²) in [5.74, 6) is 0.896. The van der Waals surface area contributed by atoms with Crippen molar-refractivity contribution in [2.75, 3.05) is 18.4 Å². The predicted octanol–water partition coefficient (Wildman–Crippen LogP) is 7.06. The molecule has 0 spiro atoms. The Kier molecular flexibility index (Phi) is 8.74. The van der Waals surface area contributed by atoms with E-state index in [1.807, 2.05) is 32.0 Å². The molecule has 1 aliphatic heterocycles. The Morgan fingerprint density at radius 2 is 1.79 bits per heavy atom. The minimum atomic E-state index is -4.58. The van der Waals surface area contributed by atoms with Gasteiger partial charge in [0.1, 0.15) is 28.6 Å². The number of methoxy groups -OCH3 is 1. The highest BCUT2D eigenvalue weighted by atomic mass is 79.9. The topological polar surface area (TPSA) is 98.7 Å². The highest BCUT2D eigenvalue weighted by Crippen LogP contribution is 2.38. The van der Waals surface area contributed by atoms with E-state index in [0.717, 1.165) is 17.5 Å². The summed E-state index contributed by atoms with van der Waals surface area (Å²) < 4.78 is 87.5. The van der Waals surface area contributed by atoms with Crippen LogP contribution in [-0.2, 0) is 29.3 Å². The van der Waals surface area contributed by atoms with Gasteiger partial charge in [-0.25, -0.2) is 0 Å². The van der Waals surface area contributed by atoms with Crippen LogP contribution in [0, 0.1) is 0 Å². The molecule has 2 heterocycles. The minimum absolute atomic E-state index is 0.00233. The number of anilines is 1. The third-order valence-electron chi connectivity index (χ3n) is 7.70. The van der Waals surface area contributed by atoms with Gasteiger partial charge in [0.2, 0.25) is 5.82 Å². The van der Waals surface area contributed by atoms with Gasteiger partial charge >= 0.3 is 12.1 Å². The molecule has 1 aromatic heterocycles. The van der Waals surface area contributed by atoms with Gasteiger partial charge in [-0.3, -0.25) is 4.99 Å². The van der Waals surface area contributed by atoms with E-state index in [4.69, 9.17) is 14.5 Å². The first kappa shape index (κ1) is 32.5. The molecule has 1 N–H and O–H groups in total. The fraction of sp³-hybridized carbons (Fsp3) is 0.242. The molecule has 4 aromatic carbocycles. The van der Waals surface area contributed by atoms with Crippen molar-refractivity contribution in [2.45, 2.75) is 44.4 Å². The normalized spacial score (nSPS) is 13.0. The number of aliphatic imine (C=N–C) groups is 1. The molecule has 6 rings (SSSR count). The quantitative estimate of drug-likeness (QED) is 0.164. The zero-order valence-electron chi connectivity index (χ0n) is 25.6. The van der Waals surface area contributed by atoms with Crippen LogP contribution >= 0.6 is 15.9 Å².